The molecule has 0 saturated heterocycles. The van der Waals surface area contributed by atoms with Gasteiger partial charge in [0, 0.05) is 19.7 Å². The van der Waals surface area contributed by atoms with E-state index in [9.17, 15) is 9.59 Å². The van der Waals surface area contributed by atoms with Gasteiger partial charge in [-0.2, -0.15) is 5.10 Å². The van der Waals surface area contributed by atoms with Crippen molar-refractivity contribution in [2.75, 3.05) is 19.0 Å². The van der Waals surface area contributed by atoms with Crippen molar-refractivity contribution in [3.05, 3.63) is 53.2 Å². The maximum atomic E-state index is 12.3. The highest BCUT2D eigenvalue weighted by Crippen LogP contribution is 2.25. The number of imide groups is 1. The highest BCUT2D eigenvalue weighted by molar-refractivity contribution is 6.21. The summed E-state index contributed by atoms with van der Waals surface area (Å²) in [4.78, 5) is 27.7. The lowest BCUT2D eigenvalue weighted by Gasteiger charge is -2.18. The van der Waals surface area contributed by atoms with Crippen LogP contribution in [-0.2, 0) is 6.54 Å². The summed E-state index contributed by atoms with van der Waals surface area (Å²) >= 11 is 0. The molecule has 0 N–H and O–H groups in total. The molecule has 0 radical (unpaired) electrons. The predicted molar refractivity (Wildman–Crippen MR) is 77.0 cm³/mol. The second-order valence-electron chi connectivity index (χ2n) is 5.02. The number of carbonyl (C=O) groups excluding carboxylic acids is 2. The zero-order valence-electron chi connectivity index (χ0n) is 11.8. The Morgan fingerprint density at radius 3 is 2.24 bits per heavy atom. The minimum absolute atomic E-state index is 0.190. The van der Waals surface area contributed by atoms with Crippen LogP contribution in [0, 0.1) is 0 Å². The summed E-state index contributed by atoms with van der Waals surface area (Å²) in [7, 11) is 3.69. The molecular formula is C15H14N4O2. The normalized spacial score (nSPS) is 13.5. The van der Waals surface area contributed by atoms with Gasteiger partial charge in [0.05, 0.1) is 23.9 Å². The Bertz CT molecular complexity index is 692. The zero-order chi connectivity index (χ0) is 15.0. The molecule has 2 amide bonds. The van der Waals surface area contributed by atoms with Crippen LogP contribution in [0.3, 0.4) is 0 Å². The second kappa shape index (κ2) is 4.97. The van der Waals surface area contributed by atoms with E-state index >= 15 is 0 Å². The second-order valence-corrected chi connectivity index (χ2v) is 5.02. The summed E-state index contributed by atoms with van der Waals surface area (Å²) in [5.41, 5.74) is 1.69. The minimum atomic E-state index is -0.267. The number of anilines is 1. The first-order valence-electron chi connectivity index (χ1n) is 6.52. The third-order valence-corrected chi connectivity index (χ3v) is 3.41. The molecule has 0 bridgehead atoms. The first-order valence-corrected chi connectivity index (χ1v) is 6.52. The molecule has 0 spiro atoms. The van der Waals surface area contributed by atoms with Crippen LogP contribution in [0.4, 0.5) is 5.82 Å². The van der Waals surface area contributed by atoms with Crippen LogP contribution in [0.15, 0.2) is 36.5 Å². The van der Waals surface area contributed by atoms with Gasteiger partial charge in [-0.05, 0) is 18.2 Å². The lowest BCUT2D eigenvalue weighted by molar-refractivity contribution is 0.0642. The molecule has 2 heterocycles. The number of rotatable bonds is 3. The van der Waals surface area contributed by atoms with E-state index in [2.05, 4.69) is 10.2 Å². The molecule has 106 valence electrons. The van der Waals surface area contributed by atoms with Crippen LogP contribution in [0.1, 0.15) is 26.3 Å². The van der Waals surface area contributed by atoms with Crippen LogP contribution >= 0.6 is 0 Å². The smallest absolute Gasteiger partial charge is 0.261 e. The molecule has 0 atom stereocenters. The molecule has 21 heavy (non-hydrogen) atoms. The summed E-state index contributed by atoms with van der Waals surface area (Å²) < 4.78 is 0. The largest absolute Gasteiger partial charge is 0.361 e. The number of hydrogen-bond acceptors (Lipinski definition) is 5. The van der Waals surface area contributed by atoms with Gasteiger partial charge in [0.1, 0.15) is 0 Å². The summed E-state index contributed by atoms with van der Waals surface area (Å²) in [6.07, 6.45) is 1.56. The standard InChI is InChI=1S/C15H14N4O2/c1-18(2)13-10(7-8-16-17-13)9-19-14(20)11-5-3-4-6-12(11)15(19)21/h3-8H,9H2,1-2H3. The Morgan fingerprint density at radius 1 is 1.05 bits per heavy atom. The van der Waals surface area contributed by atoms with Crippen LogP contribution in [-0.4, -0.2) is 41.0 Å². The topological polar surface area (TPSA) is 66.4 Å². The highest BCUT2D eigenvalue weighted by atomic mass is 16.2. The van der Waals surface area contributed by atoms with Gasteiger partial charge in [0.15, 0.2) is 5.82 Å². The Kier molecular flexibility index (Phi) is 3.13. The predicted octanol–water partition coefficient (Wildman–Crippen LogP) is 1.34. The number of benzene rings is 1. The summed E-state index contributed by atoms with van der Waals surface area (Å²) in [6, 6.07) is 8.63. The average molecular weight is 282 g/mol. The first-order chi connectivity index (χ1) is 10.1. The molecule has 0 aliphatic carbocycles. The van der Waals surface area contributed by atoms with Crippen molar-refractivity contribution < 1.29 is 9.59 Å². The third kappa shape index (κ3) is 2.14. The monoisotopic (exact) mass is 282 g/mol. The number of nitrogens with zero attached hydrogens (tertiary/aromatic N) is 4. The maximum Gasteiger partial charge on any atom is 0.261 e. The molecule has 1 aromatic carbocycles. The Hall–Kier alpha value is -2.76. The number of aromatic nitrogens is 2. The van der Waals surface area contributed by atoms with Gasteiger partial charge >= 0.3 is 0 Å². The van der Waals surface area contributed by atoms with Gasteiger partial charge < -0.3 is 4.90 Å². The van der Waals surface area contributed by atoms with Crippen LogP contribution < -0.4 is 4.90 Å². The molecule has 0 fully saturated rings. The molecule has 0 unspecified atom stereocenters. The van der Waals surface area contributed by atoms with Crippen molar-refractivity contribution in [1.29, 1.82) is 0 Å². The molecule has 1 aliphatic rings. The first kappa shape index (κ1) is 13.2. The van der Waals surface area contributed by atoms with E-state index in [0.29, 0.717) is 16.9 Å². The molecule has 3 rings (SSSR count). The van der Waals surface area contributed by atoms with E-state index in [-0.39, 0.29) is 18.4 Å². The fourth-order valence-electron chi connectivity index (χ4n) is 2.40. The van der Waals surface area contributed by atoms with E-state index in [4.69, 9.17) is 0 Å². The molecular weight excluding hydrogens is 268 g/mol. The summed E-state index contributed by atoms with van der Waals surface area (Å²) in [5.74, 6) is 0.114. The van der Waals surface area contributed by atoms with Gasteiger partial charge in [-0.15, -0.1) is 5.10 Å². The van der Waals surface area contributed by atoms with Gasteiger partial charge in [-0.25, -0.2) is 0 Å². The molecule has 2 aromatic rings. The van der Waals surface area contributed by atoms with Crippen molar-refractivity contribution in [2.24, 2.45) is 0 Å². The minimum Gasteiger partial charge on any atom is -0.361 e. The van der Waals surface area contributed by atoms with Gasteiger partial charge in [-0.3, -0.25) is 14.5 Å². The maximum absolute atomic E-state index is 12.3. The molecule has 6 nitrogen and oxygen atoms in total. The molecule has 6 heteroatoms. The van der Waals surface area contributed by atoms with Crippen LogP contribution in [0.2, 0.25) is 0 Å². The van der Waals surface area contributed by atoms with Crippen molar-refractivity contribution in [1.82, 2.24) is 15.1 Å². The fourth-order valence-corrected chi connectivity index (χ4v) is 2.40. The Labute approximate surface area is 122 Å². The van der Waals surface area contributed by atoms with E-state index in [1.54, 1.807) is 41.4 Å². The van der Waals surface area contributed by atoms with Crippen LogP contribution in [0.5, 0.6) is 0 Å². The molecule has 1 aromatic heterocycles. The van der Waals surface area contributed by atoms with E-state index in [0.717, 1.165) is 5.56 Å². The number of hydrogen-bond donors (Lipinski definition) is 0. The van der Waals surface area contributed by atoms with Gasteiger partial charge in [-0.1, -0.05) is 12.1 Å². The highest BCUT2D eigenvalue weighted by Gasteiger charge is 2.35. The third-order valence-electron chi connectivity index (χ3n) is 3.41. The Morgan fingerprint density at radius 2 is 1.67 bits per heavy atom. The van der Waals surface area contributed by atoms with E-state index in [1.165, 1.54) is 4.90 Å². The average Bonchev–Trinajstić information content (AvgIpc) is 2.73. The molecule has 0 saturated carbocycles. The number of amides is 2. The van der Waals surface area contributed by atoms with Crippen molar-refractivity contribution in [3.63, 3.8) is 0 Å². The van der Waals surface area contributed by atoms with Crippen molar-refractivity contribution in [3.8, 4) is 0 Å². The number of carbonyl (C=O) groups is 2. The van der Waals surface area contributed by atoms with Crippen molar-refractivity contribution >= 4 is 17.6 Å². The van der Waals surface area contributed by atoms with E-state index in [1.807, 2.05) is 14.1 Å². The molecule has 1 aliphatic heterocycles. The summed E-state index contributed by atoms with van der Waals surface area (Å²) in [6.45, 7) is 0.190. The van der Waals surface area contributed by atoms with Crippen LogP contribution in [0.25, 0.3) is 0 Å². The number of fused-ring (bicyclic) bond motifs is 1. The summed E-state index contributed by atoms with van der Waals surface area (Å²) in [5, 5.41) is 7.88. The van der Waals surface area contributed by atoms with Gasteiger partial charge in [0.2, 0.25) is 0 Å². The quantitative estimate of drug-likeness (QED) is 0.795. The zero-order valence-corrected chi connectivity index (χ0v) is 11.8. The Balaban J connectivity index is 1.95. The SMILES string of the molecule is CN(C)c1nnccc1CN1C(=O)c2ccccc2C1=O. The van der Waals surface area contributed by atoms with Gasteiger partial charge in [0.25, 0.3) is 11.8 Å². The lowest BCUT2D eigenvalue weighted by Crippen LogP contribution is -2.30. The fraction of sp³-hybridized carbons (Fsp3) is 0.200. The van der Waals surface area contributed by atoms with E-state index < -0.39 is 0 Å². The lowest BCUT2D eigenvalue weighted by atomic mass is 10.1. The van der Waals surface area contributed by atoms with Crippen molar-refractivity contribution in [2.45, 2.75) is 6.54 Å².